The van der Waals surface area contributed by atoms with Crippen LogP contribution in [0.3, 0.4) is 0 Å². The number of benzene rings is 1. The second-order valence-corrected chi connectivity index (χ2v) is 7.04. The van der Waals surface area contributed by atoms with Crippen molar-refractivity contribution < 1.29 is 9.18 Å². The van der Waals surface area contributed by atoms with Crippen LogP contribution >= 0.6 is 0 Å². The van der Waals surface area contributed by atoms with E-state index in [1.165, 1.54) is 6.07 Å². The van der Waals surface area contributed by atoms with Crippen molar-refractivity contribution in [1.82, 2.24) is 19.7 Å². The molecule has 7 heteroatoms. The first-order valence-corrected chi connectivity index (χ1v) is 8.92. The maximum absolute atomic E-state index is 14.1. The van der Waals surface area contributed by atoms with Crippen LogP contribution in [0, 0.1) is 19.7 Å². The summed E-state index contributed by atoms with van der Waals surface area (Å²) in [5.41, 5.74) is 3.12. The van der Waals surface area contributed by atoms with Gasteiger partial charge in [0.25, 0.3) is 5.91 Å². The molecule has 3 rings (SSSR count). The van der Waals surface area contributed by atoms with E-state index in [9.17, 15) is 9.18 Å². The fourth-order valence-electron chi connectivity index (χ4n) is 3.37. The van der Waals surface area contributed by atoms with Crippen LogP contribution in [0.5, 0.6) is 0 Å². The number of carbonyl (C=O) groups is 1. The number of nitrogens with zero attached hydrogens (tertiary/aromatic N) is 5. The molecule has 0 fully saturated rings. The molecule has 0 aliphatic carbocycles. The molecule has 1 aromatic carbocycles. The minimum absolute atomic E-state index is 0.201. The number of aliphatic imine (C=N–C) groups is 1. The lowest BCUT2D eigenvalue weighted by atomic mass is 10.0. The average Bonchev–Trinajstić information content (AvgIpc) is 3.03. The maximum atomic E-state index is 14.1. The molecule has 1 aliphatic rings. The molecule has 0 bridgehead atoms. The molecule has 1 amide bonds. The molecule has 0 radical (unpaired) electrons. The van der Waals surface area contributed by atoms with Gasteiger partial charge in [0.05, 0.1) is 11.8 Å². The molecule has 0 spiro atoms. The number of hydrogen-bond acceptors (Lipinski definition) is 4. The monoisotopic (exact) mass is 369 g/mol. The quantitative estimate of drug-likeness (QED) is 0.777. The van der Waals surface area contributed by atoms with Crippen molar-refractivity contribution >= 4 is 11.6 Å². The van der Waals surface area contributed by atoms with Crippen molar-refractivity contribution in [1.29, 1.82) is 0 Å². The Labute approximate surface area is 158 Å². The van der Waals surface area contributed by atoms with E-state index in [0.29, 0.717) is 41.6 Å². The normalized spacial score (nSPS) is 17.0. The summed E-state index contributed by atoms with van der Waals surface area (Å²) in [7, 11) is 0. The lowest BCUT2D eigenvalue weighted by Gasteiger charge is -2.34. The second kappa shape index (κ2) is 7.06. The zero-order chi connectivity index (χ0) is 19.9. The van der Waals surface area contributed by atoms with Gasteiger partial charge in [-0.05, 0) is 57.9 Å². The van der Waals surface area contributed by atoms with Crippen molar-refractivity contribution in [3.8, 4) is 0 Å². The summed E-state index contributed by atoms with van der Waals surface area (Å²) in [4.78, 5) is 19.1. The van der Waals surface area contributed by atoms with Gasteiger partial charge in [0.2, 0.25) is 0 Å². The zero-order valence-corrected chi connectivity index (χ0v) is 16.4. The van der Waals surface area contributed by atoms with Crippen LogP contribution in [-0.2, 0) is 6.54 Å². The van der Waals surface area contributed by atoms with Gasteiger partial charge in [0.1, 0.15) is 5.82 Å². The molecular formula is C20H24FN5O. The van der Waals surface area contributed by atoms with E-state index in [-0.39, 0.29) is 17.8 Å². The Morgan fingerprint density at radius 2 is 1.96 bits per heavy atom. The summed E-state index contributed by atoms with van der Waals surface area (Å²) >= 11 is 0. The van der Waals surface area contributed by atoms with E-state index in [4.69, 9.17) is 0 Å². The number of hydrogen-bond donors (Lipinski definition) is 0. The highest BCUT2D eigenvalue weighted by molar-refractivity contribution is 5.96. The molecule has 2 heterocycles. The number of halogens is 1. The van der Waals surface area contributed by atoms with E-state index in [1.54, 1.807) is 24.8 Å². The maximum Gasteiger partial charge on any atom is 0.254 e. The number of aromatic nitrogens is 3. The summed E-state index contributed by atoms with van der Waals surface area (Å²) in [5.74, 6) is 0.821. The van der Waals surface area contributed by atoms with Gasteiger partial charge < -0.3 is 9.47 Å². The summed E-state index contributed by atoms with van der Waals surface area (Å²) in [5, 5.41) is 8.53. The van der Waals surface area contributed by atoms with Gasteiger partial charge in [-0.1, -0.05) is 6.58 Å². The molecule has 1 aliphatic heterocycles. The number of fused-ring (bicyclic) bond motifs is 1. The number of amides is 1. The van der Waals surface area contributed by atoms with Crippen molar-refractivity contribution in [3.05, 3.63) is 58.6 Å². The van der Waals surface area contributed by atoms with E-state index in [0.717, 1.165) is 11.3 Å². The van der Waals surface area contributed by atoms with Crippen molar-refractivity contribution in [2.24, 2.45) is 4.99 Å². The first-order chi connectivity index (χ1) is 12.7. The fraction of sp³-hybridized carbons (Fsp3) is 0.400. The predicted octanol–water partition coefficient (Wildman–Crippen LogP) is 3.59. The zero-order valence-electron chi connectivity index (χ0n) is 16.4. The van der Waals surface area contributed by atoms with Crippen LogP contribution < -0.4 is 0 Å². The van der Waals surface area contributed by atoms with Crippen molar-refractivity contribution in [2.75, 3.05) is 6.54 Å². The van der Waals surface area contributed by atoms with Gasteiger partial charge >= 0.3 is 0 Å². The molecule has 1 atom stereocenters. The third kappa shape index (κ3) is 3.41. The molecule has 0 N–H and O–H groups in total. The Balaban J connectivity index is 1.92. The average molecular weight is 369 g/mol. The molecule has 2 aromatic rings. The summed E-state index contributed by atoms with van der Waals surface area (Å²) in [6.45, 7) is 14.0. The first kappa shape index (κ1) is 18.9. The van der Waals surface area contributed by atoms with Crippen LogP contribution in [0.4, 0.5) is 4.39 Å². The Bertz CT molecular complexity index is 936. The third-order valence-corrected chi connectivity index (χ3v) is 4.98. The summed E-state index contributed by atoms with van der Waals surface area (Å²) in [6, 6.07) is 2.78. The van der Waals surface area contributed by atoms with E-state index >= 15 is 0 Å². The lowest BCUT2D eigenvalue weighted by molar-refractivity contribution is 0.0637. The molecular weight excluding hydrogens is 345 g/mol. The Morgan fingerprint density at radius 1 is 1.26 bits per heavy atom. The number of carbonyl (C=O) groups excluding carboxylic acids is 1. The molecule has 0 saturated heterocycles. The SMILES string of the molecule is C=C(C)/N=C(\C)c1nnc2n1CCN(C(=O)c1cc(C)c(C)c(F)c1)C2C. The van der Waals surface area contributed by atoms with Crippen LogP contribution in [0.1, 0.15) is 59.9 Å². The molecule has 27 heavy (non-hydrogen) atoms. The largest absolute Gasteiger partial charge is 0.327 e. The second-order valence-electron chi connectivity index (χ2n) is 7.04. The van der Waals surface area contributed by atoms with Crippen LogP contribution in [-0.4, -0.2) is 37.8 Å². The minimum Gasteiger partial charge on any atom is -0.327 e. The molecule has 142 valence electrons. The van der Waals surface area contributed by atoms with Gasteiger partial charge in [-0.2, -0.15) is 0 Å². The lowest BCUT2D eigenvalue weighted by Crippen LogP contribution is -2.41. The predicted molar refractivity (Wildman–Crippen MR) is 102 cm³/mol. The summed E-state index contributed by atoms with van der Waals surface area (Å²) < 4.78 is 16.1. The van der Waals surface area contributed by atoms with Crippen LogP contribution in [0.25, 0.3) is 0 Å². The van der Waals surface area contributed by atoms with Crippen LogP contribution in [0.2, 0.25) is 0 Å². The highest BCUT2D eigenvalue weighted by Crippen LogP contribution is 2.27. The van der Waals surface area contributed by atoms with Crippen LogP contribution in [0.15, 0.2) is 29.4 Å². The Hall–Kier alpha value is -2.83. The molecule has 0 saturated carbocycles. The first-order valence-electron chi connectivity index (χ1n) is 8.92. The standard InChI is InChI=1S/C20H24FN5O/c1-11(2)22-14(5)18-23-24-19-15(6)25(7-8-26(18)19)20(27)16-9-12(3)13(4)17(21)10-16/h9-10,15H,1,7-8H2,2-6H3/b22-14+. The molecule has 1 unspecified atom stereocenters. The van der Waals surface area contributed by atoms with Gasteiger partial charge in [-0.3, -0.25) is 9.79 Å². The number of aryl methyl sites for hydroxylation is 1. The smallest absolute Gasteiger partial charge is 0.254 e. The van der Waals surface area contributed by atoms with E-state index in [1.807, 2.05) is 25.3 Å². The topological polar surface area (TPSA) is 63.4 Å². The molecule has 1 aromatic heterocycles. The minimum atomic E-state index is -0.361. The van der Waals surface area contributed by atoms with Gasteiger partial charge in [0, 0.05) is 24.4 Å². The Kier molecular flexibility index (Phi) is 4.95. The van der Waals surface area contributed by atoms with E-state index in [2.05, 4.69) is 21.8 Å². The van der Waals surface area contributed by atoms with E-state index < -0.39 is 0 Å². The van der Waals surface area contributed by atoms with Gasteiger partial charge in [-0.15, -0.1) is 10.2 Å². The number of rotatable bonds is 3. The van der Waals surface area contributed by atoms with Crippen molar-refractivity contribution in [2.45, 2.75) is 47.2 Å². The van der Waals surface area contributed by atoms with Gasteiger partial charge in [-0.25, -0.2) is 4.39 Å². The molecule has 6 nitrogen and oxygen atoms in total. The fourth-order valence-corrected chi connectivity index (χ4v) is 3.37. The number of allylic oxidation sites excluding steroid dienone is 1. The summed E-state index contributed by atoms with van der Waals surface area (Å²) in [6.07, 6.45) is 0. The van der Waals surface area contributed by atoms with Gasteiger partial charge in [0.15, 0.2) is 11.6 Å². The highest BCUT2D eigenvalue weighted by atomic mass is 19.1. The van der Waals surface area contributed by atoms with Crippen molar-refractivity contribution in [3.63, 3.8) is 0 Å². The highest BCUT2D eigenvalue weighted by Gasteiger charge is 2.32. The third-order valence-electron chi connectivity index (χ3n) is 4.98. The Morgan fingerprint density at radius 3 is 2.59 bits per heavy atom.